The minimum atomic E-state index is -0.928. The van der Waals surface area contributed by atoms with Gasteiger partial charge in [0, 0.05) is 34.8 Å². The SMILES string of the molecule is CCC(CC)(c1ccc(C#CC(O)C(C)(C)C)c(C)c1)c1ccc(OC[C@@H](O)CCC(=O)O)c(C)c1.CCC(CC)(c1ccc(C#CC(O)C(C)(C)C)c(C)c1)c1ccc(OC[C@@H]2CCC(=O)O2)c(C)c1. The summed E-state index contributed by atoms with van der Waals surface area (Å²) >= 11 is 0. The first kappa shape index (κ1) is 58.0. The Kier molecular flexibility index (Phi) is 20.6. The standard InChI is InChI=1S/C31H42O5.C31H40O4/c1-8-31(9-2,24-12-10-23(21(3)18-24)11-16-28(33)30(5,6)7)25-13-15-27(22(4)19-25)36-20-26(32)14-17-29(34)35;1-8-31(9-2,24-12-10-23(21(3)18-24)11-16-28(32)30(5,6)7)25-13-15-27(22(4)19-25)34-20-26-14-17-29(33)35-26/h10,12-13,15,18-19,26,28,32-33H,8-9,14,17,20H2,1-7H3,(H,34,35);10,12-13,15,18-19,26,28,32H,8-9,14,17,20H2,1-7H3/t2*26-,28?/m00/s1. The maximum atomic E-state index is 11.3. The van der Waals surface area contributed by atoms with Gasteiger partial charge in [0.15, 0.2) is 0 Å². The molecule has 4 atom stereocenters. The van der Waals surface area contributed by atoms with Gasteiger partial charge in [-0.2, -0.15) is 0 Å². The fourth-order valence-corrected chi connectivity index (χ4v) is 9.05. The molecule has 1 saturated heterocycles. The molecule has 1 fully saturated rings. The summed E-state index contributed by atoms with van der Waals surface area (Å²) in [4.78, 5) is 22.0. The summed E-state index contributed by atoms with van der Waals surface area (Å²) < 4.78 is 17.1. The molecule has 384 valence electrons. The Morgan fingerprint density at radius 2 is 1.03 bits per heavy atom. The molecule has 1 heterocycles. The highest BCUT2D eigenvalue weighted by Gasteiger charge is 2.33. The van der Waals surface area contributed by atoms with Crippen molar-refractivity contribution >= 4 is 11.9 Å². The quantitative estimate of drug-likeness (QED) is 0.0601. The van der Waals surface area contributed by atoms with Gasteiger partial charge in [-0.25, -0.2) is 0 Å². The number of aliphatic hydroxyl groups excluding tert-OH is 3. The van der Waals surface area contributed by atoms with E-state index in [4.69, 9.17) is 19.3 Å². The minimum absolute atomic E-state index is 0.0613. The first-order valence-corrected chi connectivity index (χ1v) is 25.5. The lowest BCUT2D eigenvalue weighted by Crippen LogP contribution is -2.26. The minimum Gasteiger partial charge on any atom is -0.491 e. The summed E-state index contributed by atoms with van der Waals surface area (Å²) in [7, 11) is 0. The van der Waals surface area contributed by atoms with Crippen LogP contribution in [0.3, 0.4) is 0 Å². The third-order valence-corrected chi connectivity index (χ3v) is 14.3. The second-order valence-electron chi connectivity index (χ2n) is 21.5. The molecule has 9 nitrogen and oxygen atoms in total. The molecular weight excluding hydrogens is 889 g/mol. The van der Waals surface area contributed by atoms with Gasteiger partial charge in [-0.1, -0.05) is 141 Å². The largest absolute Gasteiger partial charge is 0.491 e. The maximum Gasteiger partial charge on any atom is 0.306 e. The van der Waals surface area contributed by atoms with E-state index in [0.717, 1.165) is 71.2 Å². The summed E-state index contributed by atoms with van der Waals surface area (Å²) in [6.45, 7) is 29.4. The molecule has 1 aliphatic rings. The van der Waals surface area contributed by atoms with Crippen LogP contribution >= 0.6 is 0 Å². The molecule has 5 rings (SSSR count). The summed E-state index contributed by atoms with van der Waals surface area (Å²) in [6.07, 6.45) is 2.72. The van der Waals surface area contributed by atoms with E-state index in [1.807, 2.05) is 60.6 Å². The fraction of sp³-hybridized carbons (Fsp3) is 0.516. The van der Waals surface area contributed by atoms with Gasteiger partial charge >= 0.3 is 11.9 Å². The Labute approximate surface area is 425 Å². The van der Waals surface area contributed by atoms with E-state index in [-0.39, 0.29) is 53.2 Å². The van der Waals surface area contributed by atoms with Gasteiger partial charge in [0.2, 0.25) is 0 Å². The number of aliphatic carboxylic acids is 1. The smallest absolute Gasteiger partial charge is 0.306 e. The number of hydrogen-bond acceptors (Lipinski definition) is 8. The molecule has 4 N–H and O–H groups in total. The van der Waals surface area contributed by atoms with E-state index in [2.05, 4.69) is 133 Å². The number of esters is 1. The van der Waals surface area contributed by atoms with Crippen molar-refractivity contribution in [2.24, 2.45) is 10.8 Å². The van der Waals surface area contributed by atoms with Crippen molar-refractivity contribution < 1.29 is 44.2 Å². The Bertz CT molecular complexity index is 2560. The Balaban J connectivity index is 0.000000309. The number of rotatable bonds is 17. The number of aliphatic hydroxyl groups is 3. The highest BCUT2D eigenvalue weighted by molar-refractivity contribution is 5.71. The van der Waals surface area contributed by atoms with Crippen molar-refractivity contribution in [3.05, 3.63) is 128 Å². The van der Waals surface area contributed by atoms with Crippen LogP contribution in [0.4, 0.5) is 0 Å². The Morgan fingerprint density at radius 3 is 1.37 bits per heavy atom. The van der Waals surface area contributed by atoms with E-state index in [1.165, 1.54) is 22.3 Å². The first-order chi connectivity index (χ1) is 33.3. The van der Waals surface area contributed by atoms with Crippen molar-refractivity contribution in [3.8, 4) is 35.2 Å². The summed E-state index contributed by atoms with van der Waals surface area (Å²) in [6, 6.07) is 25.5. The fourth-order valence-electron chi connectivity index (χ4n) is 9.05. The van der Waals surface area contributed by atoms with E-state index in [0.29, 0.717) is 18.8 Å². The molecule has 0 amide bonds. The number of carbonyl (C=O) groups excluding carboxylic acids is 1. The topological polar surface area (TPSA) is 143 Å². The number of carbonyl (C=O) groups is 2. The lowest BCUT2D eigenvalue weighted by Gasteiger charge is -2.34. The lowest BCUT2D eigenvalue weighted by molar-refractivity contribution is -0.142. The van der Waals surface area contributed by atoms with Crippen molar-refractivity contribution in [1.82, 2.24) is 0 Å². The van der Waals surface area contributed by atoms with Crippen LogP contribution in [0.15, 0.2) is 72.8 Å². The van der Waals surface area contributed by atoms with Gasteiger partial charge < -0.3 is 34.6 Å². The second kappa shape index (κ2) is 25.2. The van der Waals surface area contributed by atoms with Crippen LogP contribution < -0.4 is 9.47 Å². The lowest BCUT2D eigenvalue weighted by atomic mass is 9.70. The third-order valence-electron chi connectivity index (χ3n) is 14.3. The number of carboxylic acids is 1. The van der Waals surface area contributed by atoms with Gasteiger partial charge in [0.1, 0.15) is 43.0 Å². The van der Waals surface area contributed by atoms with Gasteiger partial charge in [0.05, 0.1) is 6.10 Å². The normalized spacial score (nSPS) is 15.2. The molecule has 0 radical (unpaired) electrons. The monoisotopic (exact) mass is 971 g/mol. The molecule has 0 saturated carbocycles. The third kappa shape index (κ3) is 15.2. The molecule has 4 aromatic carbocycles. The Hall–Kier alpha value is -5.58. The van der Waals surface area contributed by atoms with Crippen LogP contribution in [0.2, 0.25) is 0 Å². The predicted octanol–water partition coefficient (Wildman–Crippen LogP) is 12.0. The number of hydrogen-bond donors (Lipinski definition) is 4. The summed E-state index contributed by atoms with van der Waals surface area (Å²) in [5.74, 6) is 12.8. The molecule has 9 heteroatoms. The van der Waals surface area contributed by atoms with Gasteiger partial charge in [-0.05, 0) is 146 Å². The van der Waals surface area contributed by atoms with Crippen molar-refractivity contribution in [3.63, 3.8) is 0 Å². The van der Waals surface area contributed by atoms with Gasteiger partial charge in [-0.15, -0.1) is 0 Å². The molecule has 0 spiro atoms. The van der Waals surface area contributed by atoms with Crippen molar-refractivity contribution in [1.29, 1.82) is 0 Å². The predicted molar refractivity (Wildman–Crippen MR) is 285 cm³/mol. The average molecular weight is 971 g/mol. The van der Waals surface area contributed by atoms with Crippen LogP contribution in [0.1, 0.15) is 176 Å². The molecular formula is C62H82O9. The highest BCUT2D eigenvalue weighted by atomic mass is 16.6. The van der Waals surface area contributed by atoms with E-state index >= 15 is 0 Å². The molecule has 4 aromatic rings. The van der Waals surface area contributed by atoms with E-state index in [9.17, 15) is 24.9 Å². The van der Waals surface area contributed by atoms with Crippen LogP contribution in [0.5, 0.6) is 11.5 Å². The highest BCUT2D eigenvalue weighted by Crippen LogP contribution is 2.42. The van der Waals surface area contributed by atoms with Gasteiger partial charge in [-0.3, -0.25) is 9.59 Å². The van der Waals surface area contributed by atoms with Crippen LogP contribution in [-0.2, 0) is 25.2 Å². The summed E-state index contributed by atoms with van der Waals surface area (Å²) in [5, 5.41) is 39.4. The number of ether oxygens (including phenoxy) is 3. The maximum absolute atomic E-state index is 11.3. The zero-order valence-corrected chi connectivity index (χ0v) is 45.1. The second-order valence-corrected chi connectivity index (χ2v) is 21.5. The van der Waals surface area contributed by atoms with Crippen LogP contribution in [0.25, 0.3) is 0 Å². The number of aryl methyl sites for hydroxylation is 4. The average Bonchev–Trinajstić information content (AvgIpc) is 3.74. The molecule has 71 heavy (non-hydrogen) atoms. The zero-order chi connectivity index (χ0) is 52.9. The van der Waals surface area contributed by atoms with Crippen molar-refractivity contribution in [2.45, 2.75) is 184 Å². The zero-order valence-electron chi connectivity index (χ0n) is 45.1. The molecule has 0 bridgehead atoms. The molecule has 0 aromatic heterocycles. The first-order valence-electron chi connectivity index (χ1n) is 25.5. The molecule has 2 unspecified atom stereocenters. The number of cyclic esters (lactones) is 1. The Morgan fingerprint density at radius 1 is 0.634 bits per heavy atom. The molecule has 0 aliphatic carbocycles. The van der Waals surface area contributed by atoms with Gasteiger partial charge in [0.25, 0.3) is 0 Å². The van der Waals surface area contributed by atoms with Crippen LogP contribution in [-0.4, -0.2) is 70.0 Å². The number of carboxylic acid groups (broad SMARTS) is 1. The van der Waals surface area contributed by atoms with Crippen molar-refractivity contribution in [2.75, 3.05) is 13.2 Å². The summed E-state index contributed by atoms with van der Waals surface area (Å²) in [5.41, 5.74) is 10.2. The van der Waals surface area contributed by atoms with Crippen LogP contribution in [0, 0.1) is 62.2 Å². The van der Waals surface area contributed by atoms with E-state index in [1.54, 1.807) is 0 Å². The molecule has 1 aliphatic heterocycles. The van der Waals surface area contributed by atoms with E-state index < -0.39 is 24.3 Å². The number of benzene rings is 4.